The number of anilines is 1. The fraction of sp³-hybridized carbons (Fsp3) is 0.417. The maximum Gasteiger partial charge on any atom is 0.321 e. The molecule has 4 nitrogen and oxygen atoms in total. The van der Waals surface area contributed by atoms with Gasteiger partial charge >= 0.3 is 6.03 Å². The Balaban J connectivity index is 2.85. The van der Waals surface area contributed by atoms with E-state index in [-0.39, 0.29) is 12.1 Å². The third kappa shape index (κ3) is 4.15. The number of ether oxygens (including phenoxy) is 1. The predicted octanol–water partition coefficient (Wildman–Crippen LogP) is 3.22. The molecule has 17 heavy (non-hydrogen) atoms. The van der Waals surface area contributed by atoms with E-state index >= 15 is 0 Å². The van der Waals surface area contributed by atoms with Gasteiger partial charge in [-0.3, -0.25) is 0 Å². The summed E-state index contributed by atoms with van der Waals surface area (Å²) >= 11 is 5.99. The number of carbonyl (C=O) groups excluding carboxylic acids is 1. The summed E-state index contributed by atoms with van der Waals surface area (Å²) in [5.74, 6) is 0.568. The van der Waals surface area contributed by atoms with Crippen LogP contribution >= 0.6 is 11.6 Å². The largest absolute Gasteiger partial charge is 0.489 e. The summed E-state index contributed by atoms with van der Waals surface area (Å²) in [6.07, 6.45) is 0.0345. The van der Waals surface area contributed by atoms with Crippen LogP contribution in [0.2, 0.25) is 5.02 Å². The number of benzene rings is 1. The second-order valence-corrected chi connectivity index (χ2v) is 4.54. The van der Waals surface area contributed by atoms with E-state index in [1.165, 1.54) is 4.90 Å². The third-order valence-corrected chi connectivity index (χ3v) is 2.26. The van der Waals surface area contributed by atoms with Gasteiger partial charge in [-0.15, -0.1) is 0 Å². The Bertz CT molecular complexity index is 405. The normalized spacial score (nSPS) is 10.2. The molecule has 0 radical (unpaired) electrons. The number of halogens is 1. The summed E-state index contributed by atoms with van der Waals surface area (Å²) in [7, 11) is 3.35. The molecule has 0 spiro atoms. The molecule has 1 aromatic rings. The van der Waals surface area contributed by atoms with Crippen molar-refractivity contribution in [1.29, 1.82) is 0 Å². The molecule has 0 aliphatic heterocycles. The molecule has 94 valence electrons. The molecule has 0 aliphatic rings. The number of nitrogens with one attached hydrogen (secondary N) is 1. The van der Waals surface area contributed by atoms with E-state index in [1.54, 1.807) is 32.3 Å². The minimum Gasteiger partial charge on any atom is -0.489 e. The van der Waals surface area contributed by atoms with Crippen LogP contribution in [0.15, 0.2) is 18.2 Å². The van der Waals surface area contributed by atoms with Crippen molar-refractivity contribution < 1.29 is 9.53 Å². The van der Waals surface area contributed by atoms with Gasteiger partial charge in [0.05, 0.1) is 11.1 Å². The highest BCUT2D eigenvalue weighted by atomic mass is 35.5. The first-order chi connectivity index (χ1) is 7.90. The number of carbonyl (C=O) groups is 1. The van der Waals surface area contributed by atoms with Crippen molar-refractivity contribution >= 4 is 23.3 Å². The van der Waals surface area contributed by atoms with Crippen molar-refractivity contribution in [3.8, 4) is 5.75 Å². The number of hydrogen-bond donors (Lipinski definition) is 1. The summed E-state index contributed by atoms with van der Waals surface area (Å²) in [6.45, 7) is 3.84. The summed E-state index contributed by atoms with van der Waals surface area (Å²) in [5, 5.41) is 3.26. The van der Waals surface area contributed by atoms with Crippen molar-refractivity contribution in [3.05, 3.63) is 23.2 Å². The van der Waals surface area contributed by atoms with Gasteiger partial charge in [0.15, 0.2) is 0 Å². The van der Waals surface area contributed by atoms with Crippen molar-refractivity contribution in [2.45, 2.75) is 20.0 Å². The average Bonchev–Trinajstić information content (AvgIpc) is 2.22. The van der Waals surface area contributed by atoms with Gasteiger partial charge in [0.2, 0.25) is 0 Å². The van der Waals surface area contributed by atoms with Gasteiger partial charge < -0.3 is 15.0 Å². The molecule has 0 fully saturated rings. The van der Waals surface area contributed by atoms with Gasteiger partial charge in [-0.25, -0.2) is 4.79 Å². The van der Waals surface area contributed by atoms with Gasteiger partial charge in [0.25, 0.3) is 0 Å². The van der Waals surface area contributed by atoms with Gasteiger partial charge in [-0.2, -0.15) is 0 Å². The topological polar surface area (TPSA) is 41.6 Å². The average molecular weight is 257 g/mol. The van der Waals surface area contributed by atoms with Gasteiger partial charge in [0, 0.05) is 25.8 Å². The number of urea groups is 1. The summed E-state index contributed by atoms with van der Waals surface area (Å²) in [6, 6.07) is 4.95. The van der Waals surface area contributed by atoms with Crippen LogP contribution in [0, 0.1) is 0 Å². The van der Waals surface area contributed by atoms with Gasteiger partial charge in [0.1, 0.15) is 5.75 Å². The number of rotatable bonds is 3. The van der Waals surface area contributed by atoms with E-state index in [1.807, 2.05) is 13.8 Å². The highest BCUT2D eigenvalue weighted by Gasteiger charge is 2.08. The van der Waals surface area contributed by atoms with Crippen LogP contribution in [0.4, 0.5) is 10.5 Å². The Morgan fingerprint density at radius 2 is 2.06 bits per heavy atom. The molecule has 1 N–H and O–H groups in total. The van der Waals surface area contributed by atoms with Crippen LogP contribution in [-0.2, 0) is 0 Å². The SMILES string of the molecule is CC(C)Oc1cc(NC(=O)N(C)C)ccc1Cl. The Kier molecular flexibility index (Phi) is 4.63. The Hall–Kier alpha value is -1.42. The van der Waals surface area contributed by atoms with Crippen molar-refractivity contribution in [2.24, 2.45) is 0 Å². The molecule has 0 heterocycles. The molecule has 0 unspecified atom stereocenters. The molecule has 0 saturated carbocycles. The molecule has 1 rings (SSSR count). The van der Waals surface area contributed by atoms with Crippen molar-refractivity contribution in [1.82, 2.24) is 4.90 Å². The lowest BCUT2D eigenvalue weighted by molar-refractivity contribution is 0.230. The first-order valence-corrected chi connectivity index (χ1v) is 5.72. The van der Waals surface area contributed by atoms with E-state index in [9.17, 15) is 4.79 Å². The highest BCUT2D eigenvalue weighted by Crippen LogP contribution is 2.28. The Morgan fingerprint density at radius 1 is 1.41 bits per heavy atom. The molecule has 0 aromatic heterocycles. The van der Waals surface area contributed by atoms with E-state index in [4.69, 9.17) is 16.3 Å². The molecule has 5 heteroatoms. The predicted molar refractivity (Wildman–Crippen MR) is 69.9 cm³/mol. The van der Waals surface area contributed by atoms with Crippen LogP contribution in [0.5, 0.6) is 5.75 Å². The fourth-order valence-corrected chi connectivity index (χ4v) is 1.32. The molecule has 2 amide bonds. The van der Waals surface area contributed by atoms with Crippen molar-refractivity contribution in [2.75, 3.05) is 19.4 Å². The zero-order chi connectivity index (χ0) is 13.0. The van der Waals surface area contributed by atoms with Gasteiger partial charge in [-0.1, -0.05) is 11.6 Å². The lowest BCUT2D eigenvalue weighted by Crippen LogP contribution is -2.27. The van der Waals surface area contributed by atoms with Crippen LogP contribution in [-0.4, -0.2) is 31.1 Å². The summed E-state index contributed by atoms with van der Waals surface area (Å²) in [4.78, 5) is 12.9. The first kappa shape index (κ1) is 13.6. The van der Waals surface area contributed by atoms with Crippen LogP contribution < -0.4 is 10.1 Å². The minimum atomic E-state index is -0.192. The first-order valence-electron chi connectivity index (χ1n) is 5.34. The zero-order valence-electron chi connectivity index (χ0n) is 10.5. The molecule has 0 saturated heterocycles. The quantitative estimate of drug-likeness (QED) is 0.902. The van der Waals surface area contributed by atoms with Crippen molar-refractivity contribution in [3.63, 3.8) is 0 Å². The summed E-state index contributed by atoms with van der Waals surface area (Å²) in [5.41, 5.74) is 0.656. The van der Waals surface area contributed by atoms with E-state index in [0.717, 1.165) is 0 Å². The number of nitrogens with zero attached hydrogens (tertiary/aromatic N) is 1. The molecular formula is C12H17ClN2O2. The monoisotopic (exact) mass is 256 g/mol. The molecule has 0 atom stereocenters. The second-order valence-electron chi connectivity index (χ2n) is 4.14. The lowest BCUT2D eigenvalue weighted by atomic mass is 10.3. The number of hydrogen-bond acceptors (Lipinski definition) is 2. The highest BCUT2D eigenvalue weighted by molar-refractivity contribution is 6.32. The van der Waals surface area contributed by atoms with E-state index in [0.29, 0.717) is 16.5 Å². The van der Waals surface area contributed by atoms with Crippen LogP contribution in [0.3, 0.4) is 0 Å². The summed E-state index contributed by atoms with van der Waals surface area (Å²) < 4.78 is 5.53. The Morgan fingerprint density at radius 3 is 2.59 bits per heavy atom. The zero-order valence-corrected chi connectivity index (χ0v) is 11.2. The smallest absolute Gasteiger partial charge is 0.321 e. The van der Waals surface area contributed by atoms with Gasteiger partial charge in [-0.05, 0) is 26.0 Å². The fourth-order valence-electron chi connectivity index (χ4n) is 1.16. The lowest BCUT2D eigenvalue weighted by Gasteiger charge is -2.15. The molecule has 1 aromatic carbocycles. The number of amides is 2. The maximum absolute atomic E-state index is 11.5. The Labute approximate surface area is 107 Å². The second kappa shape index (κ2) is 5.77. The standard InChI is InChI=1S/C12H17ClN2O2/c1-8(2)17-11-7-9(5-6-10(11)13)14-12(16)15(3)4/h5-8H,1-4H3,(H,14,16). The van der Waals surface area contributed by atoms with Crippen LogP contribution in [0.1, 0.15) is 13.8 Å². The maximum atomic E-state index is 11.5. The van der Waals surface area contributed by atoms with E-state index < -0.39 is 0 Å². The van der Waals surface area contributed by atoms with E-state index in [2.05, 4.69) is 5.32 Å². The molecule has 0 bridgehead atoms. The molecule has 0 aliphatic carbocycles. The van der Waals surface area contributed by atoms with Crippen LogP contribution in [0.25, 0.3) is 0 Å². The third-order valence-electron chi connectivity index (χ3n) is 1.95. The minimum absolute atomic E-state index is 0.0345. The molecular weight excluding hydrogens is 240 g/mol.